The van der Waals surface area contributed by atoms with E-state index in [9.17, 15) is 0 Å². The summed E-state index contributed by atoms with van der Waals surface area (Å²) in [5, 5.41) is 9.49. The third-order valence-corrected chi connectivity index (χ3v) is 0.960. The molecule has 0 aliphatic heterocycles. The first-order chi connectivity index (χ1) is 5.99. The van der Waals surface area contributed by atoms with Crippen LogP contribution in [0.2, 0.25) is 0 Å². The Balaban J connectivity index is 0. The van der Waals surface area contributed by atoms with E-state index in [4.69, 9.17) is 22.4 Å². The van der Waals surface area contributed by atoms with Gasteiger partial charge in [0.1, 0.15) is 5.76 Å². The van der Waals surface area contributed by atoms with Crippen molar-refractivity contribution in [1.29, 1.82) is 0 Å². The molecular weight excluding hydrogens is 186 g/mol. The first-order valence-corrected chi connectivity index (χ1v) is 4.52. The zero-order chi connectivity index (χ0) is 10.9. The summed E-state index contributed by atoms with van der Waals surface area (Å²) < 4.78 is 0. The van der Waals surface area contributed by atoms with E-state index in [1.54, 1.807) is 6.92 Å². The summed E-state index contributed by atoms with van der Waals surface area (Å²) in [5.74, 6) is -0.0532. The summed E-state index contributed by atoms with van der Waals surface area (Å²) in [4.78, 5) is 0. The summed E-state index contributed by atoms with van der Waals surface area (Å²) in [5.41, 5.74) is 5.50. The van der Waals surface area contributed by atoms with Crippen LogP contribution in [0.1, 0.15) is 27.2 Å². The van der Waals surface area contributed by atoms with Crippen molar-refractivity contribution in [3.63, 3.8) is 0 Å². The van der Waals surface area contributed by atoms with Crippen molar-refractivity contribution in [2.45, 2.75) is 27.2 Å². The summed E-state index contributed by atoms with van der Waals surface area (Å²) in [6, 6.07) is 0. The highest BCUT2D eigenvalue weighted by Gasteiger charge is 1.92. The molecule has 0 unspecified atom stereocenters. The predicted molar refractivity (Wildman–Crippen MR) is 59.6 cm³/mol. The lowest BCUT2D eigenvalue weighted by Crippen LogP contribution is -1.96. The molecule has 13 heavy (non-hydrogen) atoms. The van der Waals surface area contributed by atoms with Crippen LogP contribution in [0.4, 0.5) is 0 Å². The van der Waals surface area contributed by atoms with Crippen LogP contribution in [0.25, 0.3) is 0 Å². The largest absolute Gasteiger partial charge is 0.506 e. The van der Waals surface area contributed by atoms with Crippen molar-refractivity contribution in [2.75, 3.05) is 0 Å². The average molecular weight is 204 g/mol. The molecule has 0 bridgehead atoms. The normalized spacial score (nSPS) is 12.5. The van der Waals surface area contributed by atoms with Gasteiger partial charge in [-0.1, -0.05) is 38.4 Å². The first kappa shape index (κ1) is 14.6. The van der Waals surface area contributed by atoms with Crippen LogP contribution < -0.4 is 5.73 Å². The molecule has 0 fully saturated rings. The van der Waals surface area contributed by atoms with Gasteiger partial charge in [0.2, 0.25) is 0 Å². The lowest BCUT2D eigenvalue weighted by molar-refractivity contribution is 0.426. The van der Waals surface area contributed by atoms with E-state index in [2.05, 4.69) is 20.4 Å². The van der Waals surface area contributed by atoms with Crippen molar-refractivity contribution in [1.82, 2.24) is 0 Å². The van der Waals surface area contributed by atoms with E-state index in [0.29, 0.717) is 5.03 Å². The van der Waals surface area contributed by atoms with Crippen LogP contribution in [-0.2, 0) is 0 Å². The quantitative estimate of drug-likeness (QED) is 0.533. The van der Waals surface area contributed by atoms with E-state index in [1.807, 2.05) is 0 Å². The number of aliphatic hydroxyl groups excluding tert-OH is 1. The minimum Gasteiger partial charge on any atom is -0.506 e. The minimum absolute atomic E-state index is 0.0532. The van der Waals surface area contributed by atoms with E-state index >= 15 is 0 Å². The van der Waals surface area contributed by atoms with E-state index in [0.717, 1.165) is 0 Å². The minimum atomic E-state index is -0.0532. The predicted octanol–water partition coefficient (Wildman–Crippen LogP) is 3.46. The molecule has 0 atom stereocenters. The Morgan fingerprint density at radius 2 is 1.92 bits per heavy atom. The van der Waals surface area contributed by atoms with Crippen molar-refractivity contribution in [2.24, 2.45) is 5.73 Å². The fraction of sp³-hybridized carbons (Fsp3) is 0.400. The van der Waals surface area contributed by atoms with Gasteiger partial charge in [-0.05, 0) is 19.1 Å². The Morgan fingerprint density at radius 1 is 1.54 bits per heavy atom. The molecule has 0 aliphatic rings. The van der Waals surface area contributed by atoms with Gasteiger partial charge < -0.3 is 10.8 Å². The monoisotopic (exact) mass is 203 g/mol. The molecule has 0 radical (unpaired) electrons. The van der Waals surface area contributed by atoms with Gasteiger partial charge in [0.25, 0.3) is 0 Å². The molecule has 0 spiro atoms. The van der Waals surface area contributed by atoms with Gasteiger partial charge >= 0.3 is 0 Å². The highest BCUT2D eigenvalue weighted by molar-refractivity contribution is 6.29. The van der Waals surface area contributed by atoms with Crippen LogP contribution in [-0.4, -0.2) is 5.11 Å². The second-order valence-electron chi connectivity index (χ2n) is 2.48. The molecule has 0 aromatic heterocycles. The number of aliphatic hydroxyl groups is 1. The highest BCUT2D eigenvalue weighted by atomic mass is 35.5. The fourth-order valence-corrected chi connectivity index (χ4v) is 0.480. The second-order valence-corrected chi connectivity index (χ2v) is 3.08. The number of hydrogen-bond donors (Lipinski definition) is 2. The molecule has 0 aliphatic carbocycles. The zero-order valence-corrected chi connectivity index (χ0v) is 9.23. The first-order valence-electron chi connectivity index (χ1n) is 4.14. The van der Waals surface area contributed by atoms with E-state index < -0.39 is 0 Å². The smallest absolute Gasteiger partial charge is 0.139 e. The maximum absolute atomic E-state index is 9.01. The summed E-state index contributed by atoms with van der Waals surface area (Å²) in [6.07, 6.45) is 3.96. The molecule has 3 N–H and O–H groups in total. The Hall–Kier alpha value is -0.890. The molecule has 0 rings (SSSR count). The Bertz CT molecular complexity index is 203. The lowest BCUT2D eigenvalue weighted by atomic mass is 10.3. The third kappa shape index (κ3) is 11.1. The fourth-order valence-electron chi connectivity index (χ4n) is 0.376. The SMILES string of the molecule is C=C/C(N)=C(O)\C=C(/C)Cl.CCC. The van der Waals surface area contributed by atoms with Crippen LogP contribution in [0.15, 0.2) is 35.2 Å². The van der Waals surface area contributed by atoms with Gasteiger partial charge in [-0.25, -0.2) is 0 Å². The maximum atomic E-state index is 9.01. The van der Waals surface area contributed by atoms with Crippen molar-refractivity contribution in [3.8, 4) is 0 Å². The van der Waals surface area contributed by atoms with Crippen LogP contribution in [0.5, 0.6) is 0 Å². The van der Waals surface area contributed by atoms with Gasteiger partial charge in [-0.2, -0.15) is 0 Å². The van der Waals surface area contributed by atoms with E-state index in [1.165, 1.54) is 18.6 Å². The van der Waals surface area contributed by atoms with Crippen molar-refractivity contribution >= 4 is 11.6 Å². The molecule has 2 nitrogen and oxygen atoms in total. The average Bonchev–Trinajstić information content (AvgIpc) is 2.03. The summed E-state index contributed by atoms with van der Waals surface area (Å²) in [7, 11) is 0. The number of rotatable bonds is 2. The topological polar surface area (TPSA) is 46.2 Å². The molecule has 0 saturated heterocycles. The molecule has 0 saturated carbocycles. The number of allylic oxidation sites excluding steroid dienone is 3. The highest BCUT2D eigenvalue weighted by Crippen LogP contribution is 2.05. The van der Waals surface area contributed by atoms with Gasteiger partial charge in [-0.3, -0.25) is 0 Å². The molecular formula is C10H18ClNO. The Labute approximate surface area is 85.4 Å². The standard InChI is InChI=1S/C7H10ClNO.C3H8/c1-3-6(9)7(10)4-5(2)8;1-3-2/h3-4,10H,1,9H2,2H3;3H2,1-2H3/b5-4+,7-6-;. The van der Waals surface area contributed by atoms with Gasteiger partial charge in [0.15, 0.2) is 0 Å². The van der Waals surface area contributed by atoms with Crippen molar-refractivity contribution in [3.05, 3.63) is 35.2 Å². The van der Waals surface area contributed by atoms with Crippen molar-refractivity contribution < 1.29 is 5.11 Å². The van der Waals surface area contributed by atoms with Gasteiger partial charge in [0.05, 0.1) is 5.70 Å². The second kappa shape index (κ2) is 9.20. The van der Waals surface area contributed by atoms with Crippen LogP contribution in [0, 0.1) is 0 Å². The summed E-state index contributed by atoms with van der Waals surface area (Å²) in [6.45, 7) is 9.27. The summed E-state index contributed by atoms with van der Waals surface area (Å²) >= 11 is 5.45. The van der Waals surface area contributed by atoms with Gasteiger partial charge in [0, 0.05) is 5.03 Å². The van der Waals surface area contributed by atoms with Gasteiger partial charge in [-0.15, -0.1) is 0 Å². The number of nitrogens with two attached hydrogens (primary N) is 1. The third-order valence-electron chi connectivity index (χ3n) is 0.851. The number of hydrogen-bond acceptors (Lipinski definition) is 2. The molecule has 0 heterocycles. The number of halogens is 1. The molecule has 0 amide bonds. The lowest BCUT2D eigenvalue weighted by Gasteiger charge is -1.94. The molecule has 76 valence electrons. The van der Waals surface area contributed by atoms with E-state index in [-0.39, 0.29) is 11.5 Å². The van der Waals surface area contributed by atoms with Crippen LogP contribution >= 0.6 is 11.6 Å². The molecule has 0 aromatic rings. The Kier molecular flexibility index (Phi) is 10.3. The van der Waals surface area contributed by atoms with Crippen LogP contribution in [0.3, 0.4) is 0 Å². The zero-order valence-electron chi connectivity index (χ0n) is 8.47. The Morgan fingerprint density at radius 3 is 2.15 bits per heavy atom. The maximum Gasteiger partial charge on any atom is 0.139 e. The molecule has 0 aromatic carbocycles. The molecule has 3 heteroatoms.